The zero-order valence-electron chi connectivity index (χ0n) is 24.1. The normalized spacial score (nSPS) is 23.9. The van der Waals surface area contributed by atoms with Crippen LogP contribution in [0.2, 0.25) is 0 Å². The largest absolute Gasteiger partial charge is 0.376 e. The maximum atomic E-state index is 13.9. The van der Waals surface area contributed by atoms with Gasteiger partial charge in [-0.05, 0) is 44.4 Å². The van der Waals surface area contributed by atoms with E-state index in [0.29, 0.717) is 50.1 Å². The van der Waals surface area contributed by atoms with Crippen LogP contribution in [0.25, 0.3) is 0 Å². The van der Waals surface area contributed by atoms with Crippen molar-refractivity contribution in [2.24, 2.45) is 30.2 Å². The SMILES string of the molecule is CNC(=O)[C@@H](NC(=O)[C@H]1CN(C(=O)c2cnn(C)c2)CC12CN(C(=O)CC1CC1)C2)[C@@H](C)OCC1CCCCC1. The predicted molar refractivity (Wildman–Crippen MR) is 147 cm³/mol. The number of hydrogen-bond acceptors (Lipinski definition) is 6. The van der Waals surface area contributed by atoms with Gasteiger partial charge >= 0.3 is 0 Å². The second kappa shape index (κ2) is 11.9. The van der Waals surface area contributed by atoms with Gasteiger partial charge in [0, 0.05) is 64.9 Å². The summed E-state index contributed by atoms with van der Waals surface area (Å²) in [7, 11) is 3.31. The molecule has 4 amide bonds. The van der Waals surface area contributed by atoms with Gasteiger partial charge in [0.1, 0.15) is 6.04 Å². The Hall–Kier alpha value is -2.95. The molecule has 40 heavy (non-hydrogen) atoms. The molecule has 2 saturated carbocycles. The molecule has 2 aliphatic carbocycles. The maximum absolute atomic E-state index is 13.9. The molecular formula is C29H44N6O5. The summed E-state index contributed by atoms with van der Waals surface area (Å²) in [5.74, 6) is -0.229. The number of likely N-dealkylation sites (N-methyl/N-ethyl adjacent to an activating group) is 1. The van der Waals surface area contributed by atoms with Crippen molar-refractivity contribution in [2.75, 3.05) is 39.8 Å². The van der Waals surface area contributed by atoms with Crippen LogP contribution < -0.4 is 10.6 Å². The summed E-state index contributed by atoms with van der Waals surface area (Å²) in [5, 5.41) is 9.76. The smallest absolute Gasteiger partial charge is 0.257 e. The van der Waals surface area contributed by atoms with Crippen LogP contribution in [0.5, 0.6) is 0 Å². The third-order valence-corrected chi connectivity index (χ3v) is 9.34. The molecule has 3 atom stereocenters. The molecule has 2 aliphatic heterocycles. The molecular weight excluding hydrogens is 512 g/mol. The van der Waals surface area contributed by atoms with Gasteiger partial charge in [-0.15, -0.1) is 0 Å². The number of carbonyl (C=O) groups is 4. The minimum absolute atomic E-state index is 0.122. The first kappa shape index (κ1) is 28.6. The van der Waals surface area contributed by atoms with Gasteiger partial charge in [0.05, 0.1) is 23.8 Å². The Bertz CT molecular complexity index is 1100. The summed E-state index contributed by atoms with van der Waals surface area (Å²) in [6, 6.07) is -0.853. The topological polar surface area (TPSA) is 126 Å². The van der Waals surface area contributed by atoms with E-state index in [1.807, 2.05) is 11.8 Å². The summed E-state index contributed by atoms with van der Waals surface area (Å²) in [6.45, 7) is 3.88. The molecule has 3 heterocycles. The first-order chi connectivity index (χ1) is 19.2. The monoisotopic (exact) mass is 556 g/mol. The molecule has 2 N–H and O–H groups in total. The van der Waals surface area contributed by atoms with Gasteiger partial charge in [0.2, 0.25) is 17.7 Å². The Labute approximate surface area is 236 Å². The molecule has 0 aromatic carbocycles. The van der Waals surface area contributed by atoms with E-state index in [1.165, 1.54) is 25.5 Å². The fourth-order valence-corrected chi connectivity index (χ4v) is 6.65. The third-order valence-electron chi connectivity index (χ3n) is 9.34. The Morgan fingerprint density at radius 3 is 2.38 bits per heavy atom. The zero-order chi connectivity index (χ0) is 28.4. The lowest BCUT2D eigenvalue weighted by Gasteiger charge is -2.50. The van der Waals surface area contributed by atoms with Gasteiger partial charge < -0.3 is 25.2 Å². The van der Waals surface area contributed by atoms with E-state index in [1.54, 1.807) is 29.9 Å². The Kier molecular flexibility index (Phi) is 8.49. The van der Waals surface area contributed by atoms with Crippen LogP contribution in [0, 0.1) is 23.2 Å². The van der Waals surface area contributed by atoms with Crippen molar-refractivity contribution in [2.45, 2.75) is 70.4 Å². The van der Waals surface area contributed by atoms with Gasteiger partial charge in [-0.25, -0.2) is 0 Å². The van der Waals surface area contributed by atoms with Crippen molar-refractivity contribution in [3.05, 3.63) is 18.0 Å². The molecule has 0 bridgehead atoms. The van der Waals surface area contributed by atoms with Gasteiger partial charge in [-0.2, -0.15) is 5.10 Å². The highest BCUT2D eigenvalue weighted by atomic mass is 16.5. The fraction of sp³-hybridized carbons (Fsp3) is 0.759. The van der Waals surface area contributed by atoms with Crippen LogP contribution >= 0.6 is 0 Å². The molecule has 11 heteroatoms. The van der Waals surface area contributed by atoms with Crippen LogP contribution in [-0.4, -0.2) is 95.2 Å². The highest BCUT2D eigenvalue weighted by Crippen LogP contribution is 2.45. The van der Waals surface area contributed by atoms with E-state index in [9.17, 15) is 19.2 Å². The summed E-state index contributed by atoms with van der Waals surface area (Å²) in [5.41, 5.74) is -0.0756. The number of nitrogens with zero attached hydrogens (tertiary/aromatic N) is 4. The molecule has 5 rings (SSSR count). The molecule has 1 aromatic heterocycles. The van der Waals surface area contributed by atoms with Gasteiger partial charge in [0.25, 0.3) is 5.91 Å². The van der Waals surface area contributed by atoms with Crippen LogP contribution in [0.3, 0.4) is 0 Å². The number of hydrogen-bond donors (Lipinski definition) is 2. The van der Waals surface area contributed by atoms with Crippen molar-refractivity contribution in [3.8, 4) is 0 Å². The number of aromatic nitrogens is 2. The number of aryl methyl sites for hydroxylation is 1. The minimum Gasteiger partial charge on any atom is -0.376 e. The molecule has 1 aromatic rings. The third kappa shape index (κ3) is 6.19. The Morgan fingerprint density at radius 1 is 1.05 bits per heavy atom. The van der Waals surface area contributed by atoms with E-state index in [0.717, 1.165) is 25.7 Å². The van der Waals surface area contributed by atoms with Crippen molar-refractivity contribution in [1.29, 1.82) is 0 Å². The molecule has 220 valence electrons. The highest BCUT2D eigenvalue weighted by molar-refractivity contribution is 5.95. The standard InChI is InChI=1S/C29H44N6O5/c1-19(40-15-21-7-5-4-6-8-21)25(27(38)30-2)32-26(37)23-14-34(28(39)22-12-31-33(3)13-22)16-29(23)17-35(18-29)24(36)11-20-9-10-20/h12-13,19-21,23,25H,4-11,14-18H2,1-3H3,(H,30,38)(H,32,37)/t19-,23-,25+/m1/s1. The fourth-order valence-electron chi connectivity index (χ4n) is 6.65. The predicted octanol–water partition coefficient (Wildman–Crippen LogP) is 1.34. The minimum atomic E-state index is -0.853. The number of amides is 4. The van der Waals surface area contributed by atoms with Crippen LogP contribution in [0.1, 0.15) is 68.6 Å². The van der Waals surface area contributed by atoms with E-state index < -0.39 is 23.5 Å². The molecule has 2 saturated heterocycles. The summed E-state index contributed by atoms with van der Waals surface area (Å²) in [4.78, 5) is 56.4. The van der Waals surface area contributed by atoms with Crippen LogP contribution in [0.15, 0.2) is 12.4 Å². The molecule has 4 aliphatic rings. The van der Waals surface area contributed by atoms with Crippen LogP contribution in [0.4, 0.5) is 0 Å². The molecule has 11 nitrogen and oxygen atoms in total. The van der Waals surface area contributed by atoms with Crippen molar-refractivity contribution in [1.82, 2.24) is 30.2 Å². The molecule has 0 radical (unpaired) electrons. The highest BCUT2D eigenvalue weighted by Gasteiger charge is 2.59. The molecule has 4 fully saturated rings. The Balaban J connectivity index is 1.28. The van der Waals surface area contributed by atoms with E-state index in [2.05, 4.69) is 15.7 Å². The maximum Gasteiger partial charge on any atom is 0.257 e. The van der Waals surface area contributed by atoms with Crippen LogP contribution in [-0.2, 0) is 26.2 Å². The number of likely N-dealkylation sites (tertiary alicyclic amines) is 2. The lowest BCUT2D eigenvalue weighted by molar-refractivity contribution is -0.151. The van der Waals surface area contributed by atoms with Gasteiger partial charge in [0.15, 0.2) is 0 Å². The second-order valence-electron chi connectivity index (χ2n) is 12.5. The number of carbonyl (C=O) groups excluding carboxylic acids is 4. The molecule has 1 spiro atoms. The zero-order valence-corrected chi connectivity index (χ0v) is 24.1. The van der Waals surface area contributed by atoms with Crippen molar-refractivity contribution < 1.29 is 23.9 Å². The number of rotatable bonds is 10. The average molecular weight is 557 g/mol. The van der Waals surface area contributed by atoms with Crippen molar-refractivity contribution in [3.63, 3.8) is 0 Å². The van der Waals surface area contributed by atoms with E-state index in [4.69, 9.17) is 4.74 Å². The Morgan fingerprint density at radius 2 is 1.75 bits per heavy atom. The average Bonchev–Trinajstić information content (AvgIpc) is 3.48. The second-order valence-corrected chi connectivity index (χ2v) is 12.5. The van der Waals surface area contributed by atoms with Crippen molar-refractivity contribution >= 4 is 23.6 Å². The van der Waals surface area contributed by atoms with Gasteiger partial charge in [-0.1, -0.05) is 19.3 Å². The lowest BCUT2D eigenvalue weighted by Crippen LogP contribution is -2.65. The quantitative estimate of drug-likeness (QED) is 0.448. The first-order valence-electron chi connectivity index (χ1n) is 14.9. The van der Waals surface area contributed by atoms with E-state index in [-0.39, 0.29) is 30.2 Å². The van der Waals surface area contributed by atoms with Gasteiger partial charge in [-0.3, -0.25) is 23.9 Å². The molecule has 0 unspecified atom stereocenters. The number of ether oxygens (including phenoxy) is 1. The first-order valence-corrected chi connectivity index (χ1v) is 14.9. The summed E-state index contributed by atoms with van der Waals surface area (Å²) in [6.07, 6.45) is 11.4. The summed E-state index contributed by atoms with van der Waals surface area (Å²) < 4.78 is 7.71. The lowest BCUT2D eigenvalue weighted by atomic mass is 9.71. The summed E-state index contributed by atoms with van der Waals surface area (Å²) >= 11 is 0. The van der Waals surface area contributed by atoms with E-state index >= 15 is 0 Å². The number of nitrogens with one attached hydrogen (secondary N) is 2.